The van der Waals surface area contributed by atoms with Crippen molar-refractivity contribution in [1.29, 1.82) is 0 Å². The first-order chi connectivity index (χ1) is 9.35. The van der Waals surface area contributed by atoms with E-state index < -0.39 is 35.6 Å². The number of carbonyl (C=O) groups is 2. The minimum Gasteiger partial charge on any atom is -0.480 e. The van der Waals surface area contributed by atoms with E-state index in [1.165, 1.54) is 0 Å². The quantitative estimate of drug-likeness (QED) is 0.747. The number of carboxylic acids is 1. The monoisotopic (exact) mass is 286 g/mol. The molecule has 110 valence electrons. The molecule has 0 aromatic heterocycles. The lowest BCUT2D eigenvalue weighted by Crippen LogP contribution is -2.30. The fraction of sp³-hybridized carbons (Fsp3) is 0.385. The lowest BCUT2D eigenvalue weighted by atomic mass is 10.1. The van der Waals surface area contributed by atoms with E-state index in [1.54, 1.807) is 0 Å². The molecule has 0 aliphatic carbocycles. The molecule has 0 saturated heterocycles. The Morgan fingerprint density at radius 1 is 1.30 bits per heavy atom. The van der Waals surface area contributed by atoms with E-state index in [9.17, 15) is 18.4 Å². The van der Waals surface area contributed by atoms with Crippen LogP contribution >= 0.6 is 0 Å². The first-order valence-electron chi connectivity index (χ1n) is 6.10. The zero-order chi connectivity index (χ0) is 15.3. The lowest BCUT2D eigenvalue weighted by molar-refractivity contribution is -0.135. The van der Waals surface area contributed by atoms with Gasteiger partial charge < -0.3 is 15.7 Å². The van der Waals surface area contributed by atoms with Crippen LogP contribution in [0.15, 0.2) is 12.1 Å². The summed E-state index contributed by atoms with van der Waals surface area (Å²) < 4.78 is 27.5. The number of anilines is 1. The normalized spacial score (nSPS) is 11.8. The predicted octanol–water partition coefficient (Wildman–Crippen LogP) is 1.99. The second-order valence-electron chi connectivity index (χ2n) is 4.34. The highest BCUT2D eigenvalue weighted by atomic mass is 19.1. The molecule has 1 aromatic rings. The fourth-order valence-corrected chi connectivity index (χ4v) is 1.50. The van der Waals surface area contributed by atoms with Crippen molar-refractivity contribution in [2.24, 2.45) is 0 Å². The van der Waals surface area contributed by atoms with Gasteiger partial charge in [-0.15, -0.1) is 0 Å². The van der Waals surface area contributed by atoms with Crippen LogP contribution in [0.25, 0.3) is 0 Å². The molecule has 0 aliphatic heterocycles. The summed E-state index contributed by atoms with van der Waals surface area (Å²) >= 11 is 0. The Morgan fingerprint density at radius 2 is 1.85 bits per heavy atom. The van der Waals surface area contributed by atoms with Gasteiger partial charge in [-0.1, -0.05) is 6.92 Å². The molecule has 0 heterocycles. The molecule has 1 atom stereocenters. The van der Waals surface area contributed by atoms with E-state index in [0.717, 1.165) is 18.6 Å². The van der Waals surface area contributed by atoms with E-state index >= 15 is 0 Å². The Labute approximate surface area is 115 Å². The number of hydrogen-bond donors (Lipinski definition) is 3. The number of hydrogen-bond acceptors (Lipinski definition) is 3. The summed E-state index contributed by atoms with van der Waals surface area (Å²) in [7, 11) is 0. The number of carbonyl (C=O) groups excluding carboxylic acids is 1. The third-order valence-corrected chi connectivity index (χ3v) is 2.69. The largest absolute Gasteiger partial charge is 0.480 e. The average molecular weight is 286 g/mol. The maximum absolute atomic E-state index is 13.8. The van der Waals surface area contributed by atoms with Gasteiger partial charge in [-0.25, -0.2) is 8.78 Å². The minimum atomic E-state index is -1.30. The van der Waals surface area contributed by atoms with Gasteiger partial charge in [0.1, 0.15) is 23.7 Å². The molecule has 5 nitrogen and oxygen atoms in total. The Balaban J connectivity index is 2.94. The van der Waals surface area contributed by atoms with Crippen LogP contribution in [0, 0.1) is 11.6 Å². The summed E-state index contributed by atoms with van der Waals surface area (Å²) in [6.45, 7) is 3.06. The number of benzene rings is 1. The highest BCUT2D eigenvalue weighted by Gasteiger charge is 2.19. The van der Waals surface area contributed by atoms with Gasteiger partial charge in [-0.05, 0) is 25.5 Å². The van der Waals surface area contributed by atoms with Gasteiger partial charge >= 0.3 is 5.97 Å². The van der Waals surface area contributed by atoms with Crippen LogP contribution in [-0.4, -0.2) is 29.6 Å². The topological polar surface area (TPSA) is 78.4 Å². The van der Waals surface area contributed by atoms with Crippen molar-refractivity contribution in [3.05, 3.63) is 29.3 Å². The van der Waals surface area contributed by atoms with E-state index in [1.807, 2.05) is 19.2 Å². The number of carboxylic acid groups (broad SMARTS) is 1. The summed E-state index contributed by atoms with van der Waals surface area (Å²) in [6.07, 6.45) is 0.768. The Morgan fingerprint density at radius 3 is 2.30 bits per heavy atom. The molecular weight excluding hydrogens is 270 g/mol. The number of nitrogens with one attached hydrogen (secondary N) is 2. The molecule has 1 amide bonds. The zero-order valence-electron chi connectivity index (χ0n) is 11.2. The minimum absolute atomic E-state index is 0.0282. The first-order valence-corrected chi connectivity index (χ1v) is 6.10. The molecule has 0 bridgehead atoms. The van der Waals surface area contributed by atoms with Crippen LogP contribution < -0.4 is 10.6 Å². The highest BCUT2D eigenvalue weighted by molar-refractivity contribution is 5.96. The highest BCUT2D eigenvalue weighted by Crippen LogP contribution is 2.20. The summed E-state index contributed by atoms with van der Waals surface area (Å²) in [4.78, 5) is 21.8. The van der Waals surface area contributed by atoms with Gasteiger partial charge in [-0.2, -0.15) is 0 Å². The Kier molecular flexibility index (Phi) is 5.42. The molecule has 3 N–H and O–H groups in total. The van der Waals surface area contributed by atoms with Gasteiger partial charge in [0.15, 0.2) is 0 Å². The van der Waals surface area contributed by atoms with Gasteiger partial charge in [0.2, 0.25) is 0 Å². The van der Waals surface area contributed by atoms with Crippen molar-refractivity contribution >= 4 is 17.6 Å². The predicted molar refractivity (Wildman–Crippen MR) is 69.7 cm³/mol. The van der Waals surface area contributed by atoms with Crippen LogP contribution in [0.1, 0.15) is 30.6 Å². The van der Waals surface area contributed by atoms with E-state index in [0.29, 0.717) is 0 Å². The van der Waals surface area contributed by atoms with Gasteiger partial charge in [-0.3, -0.25) is 9.59 Å². The molecule has 1 aromatic carbocycles. The van der Waals surface area contributed by atoms with Crippen molar-refractivity contribution in [2.75, 3.05) is 11.9 Å². The smallest absolute Gasteiger partial charge is 0.322 e. The fourth-order valence-electron chi connectivity index (χ4n) is 1.50. The van der Waals surface area contributed by atoms with Crippen LogP contribution in [0.5, 0.6) is 0 Å². The van der Waals surface area contributed by atoms with Crippen molar-refractivity contribution in [3.63, 3.8) is 0 Å². The molecule has 1 rings (SSSR count). The van der Waals surface area contributed by atoms with Crippen LogP contribution in [-0.2, 0) is 4.79 Å². The standard InChI is InChI=1S/C13H16F2N2O3/c1-3-7(2)17-8-4-9(14)12(10(15)5-8)13(20)16-6-11(18)19/h4-5,7,17H,3,6H2,1-2H3,(H,16,20)(H,18,19). The Bertz CT molecular complexity index is 497. The van der Waals surface area contributed by atoms with Gasteiger partial charge in [0.25, 0.3) is 5.91 Å². The molecule has 0 saturated carbocycles. The molecule has 0 radical (unpaired) electrons. The summed E-state index contributed by atoms with van der Waals surface area (Å²) in [6, 6.07) is 2.04. The summed E-state index contributed by atoms with van der Waals surface area (Å²) in [5, 5.41) is 13.2. The molecule has 0 fully saturated rings. The lowest BCUT2D eigenvalue weighted by Gasteiger charge is -2.14. The number of halogens is 2. The van der Waals surface area contributed by atoms with Crippen LogP contribution in [0.2, 0.25) is 0 Å². The second-order valence-corrected chi connectivity index (χ2v) is 4.34. The third-order valence-electron chi connectivity index (χ3n) is 2.69. The number of rotatable bonds is 6. The van der Waals surface area contributed by atoms with E-state index in [2.05, 4.69) is 5.32 Å². The molecule has 1 unspecified atom stereocenters. The molecule has 7 heteroatoms. The summed E-state index contributed by atoms with van der Waals surface area (Å²) in [5.74, 6) is -4.48. The van der Waals surface area contributed by atoms with Crippen LogP contribution in [0.3, 0.4) is 0 Å². The van der Waals surface area contributed by atoms with Gasteiger partial charge in [0, 0.05) is 11.7 Å². The molecular formula is C13H16F2N2O3. The van der Waals surface area contributed by atoms with Crippen molar-refractivity contribution in [1.82, 2.24) is 5.32 Å². The molecule has 20 heavy (non-hydrogen) atoms. The van der Waals surface area contributed by atoms with E-state index in [4.69, 9.17) is 5.11 Å². The second kappa shape index (κ2) is 6.83. The number of aliphatic carboxylic acids is 1. The zero-order valence-corrected chi connectivity index (χ0v) is 11.2. The van der Waals surface area contributed by atoms with E-state index in [-0.39, 0.29) is 11.7 Å². The molecule has 0 aliphatic rings. The Hall–Kier alpha value is -2.18. The van der Waals surface area contributed by atoms with Crippen molar-refractivity contribution in [2.45, 2.75) is 26.3 Å². The summed E-state index contributed by atoms with van der Waals surface area (Å²) in [5.41, 5.74) is -0.565. The molecule has 0 spiro atoms. The van der Waals surface area contributed by atoms with Gasteiger partial charge in [0.05, 0.1) is 0 Å². The maximum atomic E-state index is 13.8. The van der Waals surface area contributed by atoms with Crippen molar-refractivity contribution in [3.8, 4) is 0 Å². The van der Waals surface area contributed by atoms with Crippen molar-refractivity contribution < 1.29 is 23.5 Å². The SMILES string of the molecule is CCC(C)Nc1cc(F)c(C(=O)NCC(=O)O)c(F)c1. The first kappa shape index (κ1) is 15.9. The maximum Gasteiger partial charge on any atom is 0.322 e. The number of amides is 1. The average Bonchev–Trinajstić information content (AvgIpc) is 2.35. The third kappa shape index (κ3) is 4.18. The van der Waals surface area contributed by atoms with Crippen LogP contribution in [0.4, 0.5) is 14.5 Å².